The molecule has 0 saturated carbocycles. The van der Waals surface area contributed by atoms with Crippen LogP contribution >= 0.6 is 0 Å². The highest BCUT2D eigenvalue weighted by Crippen LogP contribution is 2.31. The number of epoxide rings is 1. The quantitative estimate of drug-likeness (QED) is 0.702. The van der Waals surface area contributed by atoms with Crippen molar-refractivity contribution >= 4 is 5.97 Å². The number of aliphatic hydroxyl groups excluding tert-OH is 1. The lowest BCUT2D eigenvalue weighted by Gasteiger charge is -2.15. The first-order valence-electron chi connectivity index (χ1n) is 5.32. The van der Waals surface area contributed by atoms with Gasteiger partial charge in [-0.3, -0.25) is 0 Å². The van der Waals surface area contributed by atoms with Crippen LogP contribution in [0.15, 0.2) is 30.3 Å². The van der Waals surface area contributed by atoms with Gasteiger partial charge in [-0.15, -0.1) is 0 Å². The number of aliphatic hydroxyl groups is 1. The van der Waals surface area contributed by atoms with Gasteiger partial charge in [-0.1, -0.05) is 30.3 Å². The minimum absolute atomic E-state index is 0.0399. The summed E-state index contributed by atoms with van der Waals surface area (Å²) in [6.45, 7) is 0.326. The van der Waals surface area contributed by atoms with E-state index in [1.54, 1.807) is 0 Å². The molecule has 2 rings (SSSR count). The summed E-state index contributed by atoms with van der Waals surface area (Å²) >= 11 is 0. The second-order valence-corrected chi connectivity index (χ2v) is 4.00. The van der Waals surface area contributed by atoms with Crippen LogP contribution in [0, 0.1) is 0 Å². The van der Waals surface area contributed by atoms with E-state index in [-0.39, 0.29) is 13.2 Å². The van der Waals surface area contributed by atoms with Crippen molar-refractivity contribution in [2.24, 2.45) is 0 Å². The molecule has 0 bridgehead atoms. The molecule has 2 N–H and O–H groups in total. The van der Waals surface area contributed by atoms with E-state index in [0.717, 1.165) is 5.56 Å². The average Bonchev–Trinajstić information content (AvgIpc) is 3.11. The Morgan fingerprint density at radius 3 is 2.65 bits per heavy atom. The molecule has 1 saturated heterocycles. The second kappa shape index (κ2) is 4.83. The molecule has 0 unspecified atom stereocenters. The normalized spacial score (nSPS) is 24.3. The molecule has 1 aromatic carbocycles. The van der Waals surface area contributed by atoms with E-state index in [4.69, 9.17) is 14.6 Å². The Morgan fingerprint density at radius 1 is 1.47 bits per heavy atom. The van der Waals surface area contributed by atoms with Crippen molar-refractivity contribution in [3.63, 3.8) is 0 Å². The fourth-order valence-corrected chi connectivity index (χ4v) is 1.53. The molecule has 17 heavy (non-hydrogen) atoms. The molecule has 1 fully saturated rings. The number of ether oxygens (including phenoxy) is 2. The Kier molecular flexibility index (Phi) is 3.42. The first-order valence-corrected chi connectivity index (χ1v) is 5.32. The molecule has 1 heterocycles. The molecule has 1 aliphatic rings. The van der Waals surface area contributed by atoms with Crippen LogP contribution in [0.4, 0.5) is 0 Å². The summed E-state index contributed by atoms with van der Waals surface area (Å²) in [5.74, 6) is -1.15. The molecular weight excluding hydrogens is 224 g/mol. The van der Waals surface area contributed by atoms with Gasteiger partial charge < -0.3 is 19.7 Å². The third-order valence-corrected chi connectivity index (χ3v) is 2.74. The van der Waals surface area contributed by atoms with Crippen molar-refractivity contribution in [2.75, 3.05) is 13.2 Å². The fourth-order valence-electron chi connectivity index (χ4n) is 1.53. The summed E-state index contributed by atoms with van der Waals surface area (Å²) in [7, 11) is 0. The van der Waals surface area contributed by atoms with Gasteiger partial charge >= 0.3 is 5.97 Å². The van der Waals surface area contributed by atoms with Gasteiger partial charge in [0, 0.05) is 0 Å². The standard InChI is InChI=1S/C12H14O5/c13-10(12(8-17-12)11(14)15)7-16-6-9-4-2-1-3-5-9/h1-5,10,13H,6-8H2,(H,14,15)/t10-,12+/m0/s1. The number of carbonyl (C=O) groups is 1. The average molecular weight is 238 g/mol. The van der Waals surface area contributed by atoms with Gasteiger partial charge in [-0.25, -0.2) is 4.79 Å². The van der Waals surface area contributed by atoms with Crippen LogP contribution in [0.2, 0.25) is 0 Å². The Hall–Kier alpha value is -1.43. The smallest absolute Gasteiger partial charge is 0.341 e. The minimum atomic E-state index is -1.45. The number of carboxylic acid groups (broad SMARTS) is 1. The second-order valence-electron chi connectivity index (χ2n) is 4.00. The van der Waals surface area contributed by atoms with Crippen molar-refractivity contribution < 1.29 is 24.5 Å². The molecular formula is C12H14O5. The van der Waals surface area contributed by atoms with Gasteiger partial charge in [0.15, 0.2) is 0 Å². The number of hydrogen-bond donors (Lipinski definition) is 2. The Labute approximate surface area is 98.6 Å². The van der Waals surface area contributed by atoms with Crippen LogP contribution < -0.4 is 0 Å². The summed E-state index contributed by atoms with van der Waals surface area (Å²) in [6, 6.07) is 9.46. The van der Waals surface area contributed by atoms with Gasteiger partial charge in [0.1, 0.15) is 6.10 Å². The van der Waals surface area contributed by atoms with Gasteiger partial charge in [0.25, 0.3) is 0 Å². The molecule has 5 nitrogen and oxygen atoms in total. The van der Waals surface area contributed by atoms with Crippen LogP contribution in [0.5, 0.6) is 0 Å². The Morgan fingerprint density at radius 2 is 2.12 bits per heavy atom. The van der Waals surface area contributed by atoms with Crippen LogP contribution in [-0.2, 0) is 20.9 Å². The van der Waals surface area contributed by atoms with Crippen LogP contribution in [0.3, 0.4) is 0 Å². The van der Waals surface area contributed by atoms with Gasteiger partial charge in [0.05, 0.1) is 19.8 Å². The number of hydrogen-bond acceptors (Lipinski definition) is 4. The molecule has 0 aromatic heterocycles. The van der Waals surface area contributed by atoms with E-state index in [1.807, 2.05) is 30.3 Å². The number of benzene rings is 1. The summed E-state index contributed by atoms with van der Waals surface area (Å²) in [4.78, 5) is 10.8. The summed E-state index contributed by atoms with van der Waals surface area (Å²) in [6.07, 6.45) is -1.14. The predicted molar refractivity (Wildman–Crippen MR) is 58.4 cm³/mol. The SMILES string of the molecule is O=C(O)[C@]1([C@@H](O)COCc2ccccc2)CO1. The van der Waals surface area contributed by atoms with Crippen LogP contribution in [0.1, 0.15) is 5.56 Å². The molecule has 1 aliphatic heterocycles. The predicted octanol–water partition coefficient (Wildman–Crippen LogP) is 0.418. The molecule has 0 radical (unpaired) electrons. The van der Waals surface area contributed by atoms with Gasteiger partial charge in [-0.2, -0.15) is 0 Å². The summed E-state index contributed by atoms with van der Waals surface area (Å²) in [5, 5.41) is 18.5. The highest BCUT2D eigenvalue weighted by molar-refractivity contribution is 5.81. The van der Waals surface area contributed by atoms with Crippen molar-refractivity contribution in [3.05, 3.63) is 35.9 Å². The monoisotopic (exact) mass is 238 g/mol. The molecule has 1 aromatic rings. The molecule has 0 aliphatic carbocycles. The van der Waals surface area contributed by atoms with Crippen molar-refractivity contribution in [1.82, 2.24) is 0 Å². The van der Waals surface area contributed by atoms with Gasteiger partial charge in [-0.05, 0) is 5.56 Å². The maximum Gasteiger partial charge on any atom is 0.341 e. The zero-order valence-corrected chi connectivity index (χ0v) is 9.20. The third-order valence-electron chi connectivity index (χ3n) is 2.74. The molecule has 2 atom stereocenters. The van der Waals surface area contributed by atoms with E-state index in [9.17, 15) is 9.90 Å². The summed E-state index contributed by atoms with van der Waals surface area (Å²) < 4.78 is 10.1. The lowest BCUT2D eigenvalue weighted by atomic mass is 10.1. The van der Waals surface area contributed by atoms with E-state index >= 15 is 0 Å². The van der Waals surface area contributed by atoms with E-state index in [0.29, 0.717) is 6.61 Å². The topological polar surface area (TPSA) is 79.3 Å². The highest BCUT2D eigenvalue weighted by atomic mass is 16.6. The Balaban J connectivity index is 1.78. The number of aliphatic carboxylic acids is 1. The van der Waals surface area contributed by atoms with Gasteiger partial charge in [0.2, 0.25) is 5.60 Å². The molecule has 92 valence electrons. The largest absolute Gasteiger partial charge is 0.479 e. The zero-order chi connectivity index (χ0) is 12.3. The van der Waals surface area contributed by atoms with Crippen LogP contribution in [-0.4, -0.2) is 41.1 Å². The fraction of sp³-hybridized carbons (Fsp3) is 0.417. The van der Waals surface area contributed by atoms with Crippen molar-refractivity contribution in [1.29, 1.82) is 0 Å². The molecule has 0 spiro atoms. The minimum Gasteiger partial charge on any atom is -0.479 e. The van der Waals surface area contributed by atoms with E-state index in [1.165, 1.54) is 0 Å². The molecule has 5 heteroatoms. The third kappa shape index (κ3) is 2.63. The Bertz CT molecular complexity index is 385. The summed E-state index contributed by atoms with van der Waals surface area (Å²) in [5.41, 5.74) is -0.475. The van der Waals surface area contributed by atoms with Crippen molar-refractivity contribution in [2.45, 2.75) is 18.3 Å². The zero-order valence-electron chi connectivity index (χ0n) is 9.20. The maximum atomic E-state index is 10.8. The lowest BCUT2D eigenvalue weighted by Crippen LogP contribution is -2.41. The molecule has 0 amide bonds. The first-order chi connectivity index (χ1) is 8.15. The highest BCUT2D eigenvalue weighted by Gasteiger charge is 2.58. The van der Waals surface area contributed by atoms with Crippen LogP contribution in [0.25, 0.3) is 0 Å². The van der Waals surface area contributed by atoms with Crippen molar-refractivity contribution in [3.8, 4) is 0 Å². The first kappa shape index (κ1) is 12.0. The van der Waals surface area contributed by atoms with E-state index in [2.05, 4.69) is 0 Å². The number of carboxylic acids is 1. The van der Waals surface area contributed by atoms with E-state index < -0.39 is 17.7 Å². The maximum absolute atomic E-state index is 10.8. The lowest BCUT2D eigenvalue weighted by molar-refractivity contribution is -0.149. The number of rotatable bonds is 6.